The van der Waals surface area contributed by atoms with Crippen LogP contribution >= 0.6 is 0 Å². The molecule has 1 saturated carbocycles. The standard InChI is InChI=1S/C18H19N3O4/c1-11(23)21-10-18(4-5-18)13-3-2-12(8-15(13)21)19-14-9-16(24)20(6-7-22)17(14)25/h2-3,8-9,19,22H,4-7,10H2,1H3. The van der Waals surface area contributed by atoms with Crippen LogP contribution in [0.25, 0.3) is 0 Å². The molecule has 25 heavy (non-hydrogen) atoms. The van der Waals surface area contributed by atoms with Crippen molar-refractivity contribution < 1.29 is 19.5 Å². The minimum atomic E-state index is -0.457. The molecule has 1 aliphatic carbocycles. The molecule has 2 aliphatic heterocycles. The Morgan fingerprint density at radius 2 is 2.08 bits per heavy atom. The summed E-state index contributed by atoms with van der Waals surface area (Å²) in [6, 6.07) is 5.73. The van der Waals surface area contributed by atoms with Gasteiger partial charge in [-0.25, -0.2) is 0 Å². The molecule has 0 unspecified atom stereocenters. The number of anilines is 2. The van der Waals surface area contributed by atoms with Crippen molar-refractivity contribution in [1.29, 1.82) is 0 Å². The Hall–Kier alpha value is -2.67. The van der Waals surface area contributed by atoms with Crippen LogP contribution in [0.2, 0.25) is 0 Å². The third-order valence-corrected chi connectivity index (χ3v) is 5.17. The SMILES string of the molecule is CC(=O)N1CC2(CC2)c2ccc(NC3=CC(=O)N(CCO)C3=O)cc21. The van der Waals surface area contributed by atoms with Crippen LogP contribution in [0.4, 0.5) is 11.4 Å². The molecular weight excluding hydrogens is 322 g/mol. The summed E-state index contributed by atoms with van der Waals surface area (Å²) in [4.78, 5) is 38.8. The number of hydrogen-bond donors (Lipinski definition) is 2. The van der Waals surface area contributed by atoms with E-state index in [1.54, 1.807) is 11.8 Å². The normalized spacial score (nSPS) is 20.2. The number of nitrogens with one attached hydrogen (secondary N) is 1. The Morgan fingerprint density at radius 3 is 2.72 bits per heavy atom. The molecule has 0 radical (unpaired) electrons. The Balaban J connectivity index is 1.60. The van der Waals surface area contributed by atoms with Gasteiger partial charge in [0.15, 0.2) is 0 Å². The summed E-state index contributed by atoms with van der Waals surface area (Å²) in [7, 11) is 0. The van der Waals surface area contributed by atoms with Crippen molar-refractivity contribution >= 4 is 29.1 Å². The molecular formula is C18H19N3O4. The predicted octanol–water partition coefficient (Wildman–Crippen LogP) is 0.742. The van der Waals surface area contributed by atoms with E-state index in [-0.39, 0.29) is 30.2 Å². The number of carbonyl (C=O) groups is 3. The average Bonchev–Trinajstić information content (AvgIpc) is 3.22. The second kappa shape index (κ2) is 5.42. The summed E-state index contributed by atoms with van der Waals surface area (Å²) in [5.41, 5.74) is 2.99. The molecule has 1 spiro atoms. The van der Waals surface area contributed by atoms with Crippen LogP contribution in [0, 0.1) is 0 Å². The lowest BCUT2D eigenvalue weighted by molar-refractivity contribution is -0.137. The molecule has 4 rings (SSSR count). The van der Waals surface area contributed by atoms with E-state index in [1.165, 1.54) is 11.6 Å². The van der Waals surface area contributed by atoms with Crippen LogP contribution in [0.3, 0.4) is 0 Å². The highest BCUT2D eigenvalue weighted by atomic mass is 16.3. The highest BCUT2D eigenvalue weighted by Gasteiger charge is 2.52. The molecule has 3 amide bonds. The smallest absolute Gasteiger partial charge is 0.277 e. The van der Waals surface area contributed by atoms with E-state index in [1.807, 2.05) is 18.2 Å². The third kappa shape index (κ3) is 2.42. The molecule has 130 valence electrons. The lowest BCUT2D eigenvalue weighted by atomic mass is 9.98. The molecule has 7 nitrogen and oxygen atoms in total. The van der Waals surface area contributed by atoms with Crippen molar-refractivity contribution in [3.8, 4) is 0 Å². The maximum atomic E-state index is 12.2. The molecule has 1 fully saturated rings. The minimum Gasteiger partial charge on any atom is -0.395 e. The minimum absolute atomic E-state index is 0.00244. The summed E-state index contributed by atoms with van der Waals surface area (Å²) in [5.74, 6) is -0.894. The van der Waals surface area contributed by atoms with Crippen molar-refractivity contribution in [3.05, 3.63) is 35.5 Å². The van der Waals surface area contributed by atoms with E-state index in [9.17, 15) is 14.4 Å². The monoisotopic (exact) mass is 341 g/mol. The number of imide groups is 1. The number of fused-ring (bicyclic) bond motifs is 2. The first-order valence-electron chi connectivity index (χ1n) is 8.33. The van der Waals surface area contributed by atoms with E-state index in [2.05, 4.69) is 5.32 Å². The van der Waals surface area contributed by atoms with Gasteiger partial charge < -0.3 is 15.3 Å². The fraction of sp³-hybridized carbons (Fsp3) is 0.389. The van der Waals surface area contributed by atoms with Gasteiger partial charge >= 0.3 is 0 Å². The summed E-state index contributed by atoms with van der Waals surface area (Å²) in [6.45, 7) is 1.97. The number of amides is 3. The highest BCUT2D eigenvalue weighted by Crippen LogP contribution is 2.56. The zero-order chi connectivity index (χ0) is 17.8. The summed E-state index contributed by atoms with van der Waals surface area (Å²) in [6.07, 6.45) is 3.41. The second-order valence-corrected chi connectivity index (χ2v) is 6.82. The average molecular weight is 341 g/mol. The van der Waals surface area contributed by atoms with E-state index >= 15 is 0 Å². The number of β-amino-alcohol motifs (C(OH)–C–C–N with tert-alkyl or cyclic N) is 1. The van der Waals surface area contributed by atoms with Crippen molar-refractivity contribution in [1.82, 2.24) is 4.90 Å². The van der Waals surface area contributed by atoms with Gasteiger partial charge in [-0.15, -0.1) is 0 Å². The zero-order valence-electron chi connectivity index (χ0n) is 13.9. The number of rotatable bonds is 4. The van der Waals surface area contributed by atoms with Gasteiger partial charge in [0.25, 0.3) is 11.8 Å². The van der Waals surface area contributed by atoms with Crippen LogP contribution in [0.5, 0.6) is 0 Å². The molecule has 1 aromatic carbocycles. The number of carbonyl (C=O) groups excluding carboxylic acids is 3. The molecule has 0 atom stereocenters. The molecule has 0 bridgehead atoms. The Kier molecular flexibility index (Phi) is 3.43. The largest absolute Gasteiger partial charge is 0.395 e. The molecule has 1 aromatic rings. The van der Waals surface area contributed by atoms with E-state index < -0.39 is 11.8 Å². The molecule has 3 aliphatic rings. The van der Waals surface area contributed by atoms with Gasteiger partial charge in [0.05, 0.1) is 13.2 Å². The van der Waals surface area contributed by atoms with Gasteiger partial charge in [0, 0.05) is 36.3 Å². The highest BCUT2D eigenvalue weighted by molar-refractivity contribution is 6.17. The van der Waals surface area contributed by atoms with Crippen LogP contribution < -0.4 is 10.2 Å². The van der Waals surface area contributed by atoms with Gasteiger partial charge in [-0.1, -0.05) is 6.07 Å². The van der Waals surface area contributed by atoms with Gasteiger partial charge in [-0.3, -0.25) is 19.3 Å². The predicted molar refractivity (Wildman–Crippen MR) is 90.9 cm³/mol. The van der Waals surface area contributed by atoms with Gasteiger partial charge in [0.1, 0.15) is 5.70 Å². The van der Waals surface area contributed by atoms with Crippen molar-refractivity contribution in [2.24, 2.45) is 0 Å². The van der Waals surface area contributed by atoms with Gasteiger partial charge in [-0.2, -0.15) is 0 Å². The van der Waals surface area contributed by atoms with Crippen LogP contribution in [0.1, 0.15) is 25.3 Å². The fourth-order valence-electron chi connectivity index (χ4n) is 3.68. The van der Waals surface area contributed by atoms with Gasteiger partial charge in [0.2, 0.25) is 5.91 Å². The lowest BCUT2D eigenvalue weighted by Gasteiger charge is -2.17. The lowest BCUT2D eigenvalue weighted by Crippen LogP contribution is -2.34. The van der Waals surface area contributed by atoms with E-state index in [4.69, 9.17) is 5.11 Å². The molecule has 7 heteroatoms. The van der Waals surface area contributed by atoms with Crippen molar-refractivity contribution in [2.45, 2.75) is 25.2 Å². The van der Waals surface area contributed by atoms with Crippen LogP contribution in [-0.4, -0.2) is 47.4 Å². The van der Waals surface area contributed by atoms with Crippen molar-refractivity contribution in [3.63, 3.8) is 0 Å². The molecule has 2 heterocycles. The number of benzene rings is 1. The van der Waals surface area contributed by atoms with Crippen LogP contribution in [0.15, 0.2) is 30.0 Å². The topological polar surface area (TPSA) is 90.0 Å². The molecule has 0 saturated heterocycles. The number of aliphatic hydroxyl groups is 1. The summed E-state index contributed by atoms with van der Waals surface area (Å²) in [5, 5.41) is 11.9. The number of aliphatic hydroxyl groups excluding tert-OH is 1. The van der Waals surface area contributed by atoms with E-state index in [0.29, 0.717) is 12.2 Å². The third-order valence-electron chi connectivity index (χ3n) is 5.17. The molecule has 2 N–H and O–H groups in total. The first-order chi connectivity index (χ1) is 11.9. The molecule has 0 aromatic heterocycles. The number of hydrogen-bond acceptors (Lipinski definition) is 5. The van der Waals surface area contributed by atoms with Crippen molar-refractivity contribution in [2.75, 3.05) is 29.9 Å². The zero-order valence-corrected chi connectivity index (χ0v) is 13.9. The Labute approximate surface area is 144 Å². The quantitative estimate of drug-likeness (QED) is 0.789. The fourth-order valence-corrected chi connectivity index (χ4v) is 3.68. The first-order valence-corrected chi connectivity index (χ1v) is 8.33. The number of nitrogens with zero attached hydrogens (tertiary/aromatic N) is 2. The summed E-state index contributed by atoms with van der Waals surface area (Å²) < 4.78 is 0. The van der Waals surface area contributed by atoms with Gasteiger partial charge in [-0.05, 0) is 30.5 Å². The summed E-state index contributed by atoms with van der Waals surface area (Å²) >= 11 is 0. The van der Waals surface area contributed by atoms with E-state index in [0.717, 1.165) is 23.4 Å². The Bertz CT molecular complexity index is 826. The Morgan fingerprint density at radius 1 is 1.32 bits per heavy atom. The maximum absolute atomic E-state index is 12.2. The maximum Gasteiger partial charge on any atom is 0.277 e. The second-order valence-electron chi connectivity index (χ2n) is 6.82. The first kappa shape index (κ1) is 15.8. The van der Waals surface area contributed by atoms with Crippen LogP contribution in [-0.2, 0) is 19.8 Å².